The van der Waals surface area contributed by atoms with Gasteiger partial charge in [-0.05, 0) is 19.9 Å². The van der Waals surface area contributed by atoms with E-state index < -0.39 is 0 Å². The molecule has 0 aliphatic rings. The van der Waals surface area contributed by atoms with E-state index in [1.54, 1.807) is 6.08 Å². The van der Waals surface area contributed by atoms with Gasteiger partial charge >= 0.3 is 0 Å². The first kappa shape index (κ1) is 8.89. The van der Waals surface area contributed by atoms with E-state index in [0.717, 1.165) is 10.9 Å². The molecule has 0 unspecified atom stereocenters. The molecule has 0 N–H and O–H groups in total. The average molecular weight is 193 g/mol. The van der Waals surface area contributed by atoms with E-state index in [2.05, 4.69) is 15.9 Å². The Kier molecular flexibility index (Phi) is 4.68. The van der Waals surface area contributed by atoms with Crippen molar-refractivity contribution in [3.8, 4) is 0 Å². The number of rotatable bonds is 2. The number of alkyl halides is 1. The van der Waals surface area contributed by atoms with Gasteiger partial charge < -0.3 is 0 Å². The van der Waals surface area contributed by atoms with Gasteiger partial charge in [0.1, 0.15) is 0 Å². The molecule has 0 radical (unpaired) electrons. The third-order valence-electron chi connectivity index (χ3n) is 0.808. The van der Waals surface area contributed by atoms with Gasteiger partial charge in [-0.3, -0.25) is 0 Å². The van der Waals surface area contributed by atoms with Crippen LogP contribution in [0.3, 0.4) is 0 Å². The highest BCUT2D eigenvalue weighted by Crippen LogP contribution is 2.00. The van der Waals surface area contributed by atoms with Gasteiger partial charge in [0, 0.05) is 5.33 Å². The Bertz CT molecular complexity index is 132. The average Bonchev–Trinajstić information content (AvgIpc) is 1.83. The molecule has 0 nitrogen and oxygen atoms in total. The molecule has 0 atom stereocenters. The summed E-state index contributed by atoms with van der Waals surface area (Å²) >= 11 is 3.24. The van der Waals surface area contributed by atoms with Crippen molar-refractivity contribution in [1.29, 1.82) is 0 Å². The van der Waals surface area contributed by atoms with Gasteiger partial charge in [0.05, 0.1) is 5.83 Å². The predicted molar refractivity (Wildman–Crippen MR) is 42.4 cm³/mol. The van der Waals surface area contributed by atoms with Crippen molar-refractivity contribution in [2.45, 2.75) is 13.8 Å². The summed E-state index contributed by atoms with van der Waals surface area (Å²) in [6, 6.07) is 0. The van der Waals surface area contributed by atoms with Crippen molar-refractivity contribution in [3.63, 3.8) is 0 Å². The third kappa shape index (κ3) is 5.77. The number of hydrogen-bond acceptors (Lipinski definition) is 0. The predicted octanol–water partition coefficient (Wildman–Crippen LogP) is 3.20. The Labute approximate surface area is 63.6 Å². The minimum Gasteiger partial charge on any atom is -0.212 e. The van der Waals surface area contributed by atoms with Crippen molar-refractivity contribution in [2.24, 2.45) is 0 Å². The lowest BCUT2D eigenvalue weighted by Gasteiger charge is -1.87. The van der Waals surface area contributed by atoms with Crippen LogP contribution < -0.4 is 0 Å². The van der Waals surface area contributed by atoms with Gasteiger partial charge in [-0.1, -0.05) is 27.6 Å². The Morgan fingerprint density at radius 3 is 2.33 bits per heavy atom. The van der Waals surface area contributed by atoms with Crippen molar-refractivity contribution in [1.82, 2.24) is 0 Å². The molecule has 0 bridgehead atoms. The highest BCUT2D eigenvalue weighted by molar-refractivity contribution is 9.09. The molecule has 0 fully saturated rings. The molecule has 0 saturated carbocycles. The zero-order chi connectivity index (χ0) is 7.28. The fraction of sp³-hybridized carbons (Fsp3) is 0.429. The van der Waals surface area contributed by atoms with E-state index in [0.29, 0.717) is 0 Å². The molecule has 0 aromatic rings. The van der Waals surface area contributed by atoms with Gasteiger partial charge in [0.15, 0.2) is 0 Å². The van der Waals surface area contributed by atoms with Crippen LogP contribution in [0.4, 0.5) is 4.39 Å². The first-order valence-electron chi connectivity index (χ1n) is 2.72. The summed E-state index contributed by atoms with van der Waals surface area (Å²) in [5.74, 6) is -0.157. The SMILES string of the molecule is C/C(F)=C\C=C(/C)CBr. The number of allylic oxidation sites excluding steroid dienone is 4. The lowest BCUT2D eigenvalue weighted by molar-refractivity contribution is 0.640. The maximum absolute atomic E-state index is 12.0. The molecular formula is C7H10BrF. The molecule has 0 saturated heterocycles. The first-order chi connectivity index (χ1) is 4.16. The zero-order valence-electron chi connectivity index (χ0n) is 5.62. The molecule has 0 aliphatic heterocycles. The van der Waals surface area contributed by atoms with Crippen molar-refractivity contribution < 1.29 is 4.39 Å². The summed E-state index contributed by atoms with van der Waals surface area (Å²) in [7, 11) is 0. The summed E-state index contributed by atoms with van der Waals surface area (Å²) in [5.41, 5.74) is 1.12. The number of halogens is 2. The Morgan fingerprint density at radius 1 is 1.44 bits per heavy atom. The van der Waals surface area contributed by atoms with Crippen LogP contribution in [0.15, 0.2) is 23.6 Å². The van der Waals surface area contributed by atoms with Gasteiger partial charge in [0.2, 0.25) is 0 Å². The van der Waals surface area contributed by atoms with Gasteiger partial charge in [-0.15, -0.1) is 0 Å². The highest BCUT2D eigenvalue weighted by Gasteiger charge is 1.81. The normalized spacial score (nSPS) is 14.2. The molecule has 52 valence electrons. The molecule has 0 spiro atoms. The van der Waals surface area contributed by atoms with Crippen LogP contribution in [0.1, 0.15) is 13.8 Å². The third-order valence-corrected chi connectivity index (χ3v) is 1.69. The standard InChI is InChI=1S/C7H10BrF/c1-6(5-8)3-4-7(2)9/h3-4H,5H2,1-2H3/b6-3+,7-4+. The second-order valence-corrected chi connectivity index (χ2v) is 2.46. The zero-order valence-corrected chi connectivity index (χ0v) is 7.20. The lowest BCUT2D eigenvalue weighted by atomic mass is 10.3. The molecular weight excluding hydrogens is 183 g/mol. The van der Waals surface area contributed by atoms with E-state index >= 15 is 0 Å². The van der Waals surface area contributed by atoms with Crippen LogP contribution in [0.5, 0.6) is 0 Å². The van der Waals surface area contributed by atoms with Gasteiger partial charge in [-0.25, -0.2) is 4.39 Å². The van der Waals surface area contributed by atoms with E-state index in [1.807, 2.05) is 6.92 Å². The molecule has 9 heavy (non-hydrogen) atoms. The quantitative estimate of drug-likeness (QED) is 0.466. The molecule has 0 aromatic heterocycles. The van der Waals surface area contributed by atoms with Crippen LogP contribution in [0.25, 0.3) is 0 Å². The minimum atomic E-state index is -0.157. The molecule has 0 rings (SSSR count). The summed E-state index contributed by atoms with van der Waals surface area (Å²) in [5, 5.41) is 0.802. The molecule has 0 aliphatic carbocycles. The Hall–Kier alpha value is -0.110. The van der Waals surface area contributed by atoms with Crippen LogP contribution >= 0.6 is 15.9 Å². The second kappa shape index (κ2) is 4.74. The smallest absolute Gasteiger partial charge is 0.0968 e. The maximum atomic E-state index is 12.0. The van der Waals surface area contributed by atoms with Gasteiger partial charge in [-0.2, -0.15) is 0 Å². The van der Waals surface area contributed by atoms with E-state index in [9.17, 15) is 4.39 Å². The van der Waals surface area contributed by atoms with Crippen LogP contribution in [0.2, 0.25) is 0 Å². The first-order valence-corrected chi connectivity index (χ1v) is 3.84. The van der Waals surface area contributed by atoms with E-state index in [1.165, 1.54) is 13.0 Å². The second-order valence-electron chi connectivity index (χ2n) is 1.90. The van der Waals surface area contributed by atoms with Crippen molar-refractivity contribution in [3.05, 3.63) is 23.6 Å². The van der Waals surface area contributed by atoms with E-state index in [-0.39, 0.29) is 5.83 Å². The lowest BCUT2D eigenvalue weighted by Crippen LogP contribution is -1.72. The molecule has 2 heteroatoms. The van der Waals surface area contributed by atoms with Gasteiger partial charge in [0.25, 0.3) is 0 Å². The summed E-state index contributed by atoms with van der Waals surface area (Å²) < 4.78 is 12.0. The van der Waals surface area contributed by atoms with E-state index in [4.69, 9.17) is 0 Å². The molecule has 0 amide bonds. The largest absolute Gasteiger partial charge is 0.212 e. The molecule has 0 heterocycles. The maximum Gasteiger partial charge on any atom is 0.0968 e. The molecule has 0 aromatic carbocycles. The highest BCUT2D eigenvalue weighted by atomic mass is 79.9. The number of hydrogen-bond donors (Lipinski definition) is 0. The van der Waals surface area contributed by atoms with Crippen molar-refractivity contribution in [2.75, 3.05) is 5.33 Å². The van der Waals surface area contributed by atoms with Crippen LogP contribution in [-0.2, 0) is 0 Å². The van der Waals surface area contributed by atoms with Crippen LogP contribution in [-0.4, -0.2) is 5.33 Å². The Morgan fingerprint density at radius 2 is 2.00 bits per heavy atom. The minimum absolute atomic E-state index is 0.157. The summed E-state index contributed by atoms with van der Waals surface area (Å²) in [6.07, 6.45) is 3.21. The van der Waals surface area contributed by atoms with Crippen molar-refractivity contribution >= 4 is 15.9 Å². The monoisotopic (exact) mass is 192 g/mol. The summed E-state index contributed by atoms with van der Waals surface area (Å²) in [4.78, 5) is 0. The topological polar surface area (TPSA) is 0 Å². The fourth-order valence-electron chi connectivity index (χ4n) is 0.302. The summed E-state index contributed by atoms with van der Waals surface area (Å²) in [6.45, 7) is 3.37. The Balaban J connectivity index is 3.83. The van der Waals surface area contributed by atoms with Crippen LogP contribution in [0, 0.1) is 0 Å². The fourth-order valence-corrected chi connectivity index (χ4v) is 0.489.